The largest absolute Gasteiger partial charge is 0.496 e. The molecule has 0 spiro atoms. The number of aliphatic imine (C=N–C) groups is 1. The van der Waals surface area contributed by atoms with E-state index in [4.69, 9.17) is 4.74 Å². The highest BCUT2D eigenvalue weighted by molar-refractivity contribution is 14.0. The van der Waals surface area contributed by atoms with E-state index in [1.54, 1.807) is 14.2 Å². The standard InChI is InChI=1S/C21H30N4O3S.HI/c1-16(2)25-29(26,27)15-19-11-6-5-9-17(19)13-23-21(22-3)24-14-18-10-7-8-12-20(18)28-4;/h5-12,16,25H,13-15H2,1-4H3,(H2,22,23,24);1H. The fraction of sp³-hybridized carbons (Fsp3) is 0.381. The van der Waals surface area contributed by atoms with E-state index < -0.39 is 10.0 Å². The van der Waals surface area contributed by atoms with Crippen molar-refractivity contribution in [3.8, 4) is 5.75 Å². The molecule has 7 nitrogen and oxygen atoms in total. The molecule has 0 heterocycles. The van der Waals surface area contributed by atoms with Crippen LogP contribution in [0.1, 0.15) is 30.5 Å². The Bertz CT molecular complexity index is 933. The van der Waals surface area contributed by atoms with Crippen LogP contribution in [0.25, 0.3) is 0 Å². The van der Waals surface area contributed by atoms with Crippen LogP contribution in [0.15, 0.2) is 53.5 Å². The molecular weight excluding hydrogens is 515 g/mol. The number of nitrogens with zero attached hydrogens (tertiary/aromatic N) is 1. The lowest BCUT2D eigenvalue weighted by Crippen LogP contribution is -2.37. The van der Waals surface area contributed by atoms with Crippen LogP contribution in [-0.4, -0.2) is 34.6 Å². The number of methoxy groups -OCH3 is 1. The number of sulfonamides is 1. The van der Waals surface area contributed by atoms with E-state index in [9.17, 15) is 8.42 Å². The van der Waals surface area contributed by atoms with Crippen molar-refractivity contribution in [2.24, 2.45) is 4.99 Å². The van der Waals surface area contributed by atoms with Gasteiger partial charge in [-0.25, -0.2) is 13.1 Å². The number of nitrogens with one attached hydrogen (secondary N) is 3. The molecule has 3 N–H and O–H groups in total. The second-order valence-electron chi connectivity index (χ2n) is 6.89. The molecule has 0 fully saturated rings. The average molecular weight is 546 g/mol. The first kappa shape index (κ1) is 26.2. The van der Waals surface area contributed by atoms with Gasteiger partial charge in [-0.05, 0) is 31.0 Å². The second-order valence-corrected chi connectivity index (χ2v) is 8.65. The van der Waals surface area contributed by atoms with Crippen LogP contribution in [0.5, 0.6) is 5.75 Å². The Kier molecular flexibility index (Phi) is 11.1. The van der Waals surface area contributed by atoms with Gasteiger partial charge < -0.3 is 15.4 Å². The number of hydrogen-bond acceptors (Lipinski definition) is 4. The molecule has 0 aromatic heterocycles. The Hall–Kier alpha value is -1.85. The summed E-state index contributed by atoms with van der Waals surface area (Å²) >= 11 is 0. The number of halogens is 1. The summed E-state index contributed by atoms with van der Waals surface area (Å²) in [5.74, 6) is 1.37. The van der Waals surface area contributed by atoms with Crippen molar-refractivity contribution in [3.05, 3.63) is 65.2 Å². The summed E-state index contributed by atoms with van der Waals surface area (Å²) in [7, 11) is -0.0532. The van der Waals surface area contributed by atoms with E-state index in [-0.39, 0.29) is 35.8 Å². The third kappa shape index (κ3) is 8.49. The number of ether oxygens (including phenoxy) is 1. The van der Waals surface area contributed by atoms with Gasteiger partial charge in [0, 0.05) is 31.7 Å². The zero-order chi connectivity index (χ0) is 21.3. The van der Waals surface area contributed by atoms with Gasteiger partial charge in [-0.3, -0.25) is 4.99 Å². The molecule has 0 unspecified atom stereocenters. The monoisotopic (exact) mass is 546 g/mol. The number of para-hydroxylation sites is 1. The highest BCUT2D eigenvalue weighted by Crippen LogP contribution is 2.16. The Morgan fingerprint density at radius 3 is 2.07 bits per heavy atom. The number of rotatable bonds is 9. The van der Waals surface area contributed by atoms with Crippen LogP contribution in [0, 0.1) is 0 Å². The van der Waals surface area contributed by atoms with Crippen LogP contribution in [-0.2, 0) is 28.9 Å². The molecule has 0 saturated heterocycles. The van der Waals surface area contributed by atoms with Gasteiger partial charge in [-0.15, -0.1) is 24.0 Å². The zero-order valence-corrected chi connectivity index (χ0v) is 21.0. The fourth-order valence-corrected chi connectivity index (χ4v) is 4.40. The Labute approximate surface area is 196 Å². The molecule has 0 amide bonds. The maximum atomic E-state index is 12.3. The molecule has 2 aromatic carbocycles. The normalized spacial score (nSPS) is 11.7. The van der Waals surface area contributed by atoms with Crippen LogP contribution in [0.4, 0.5) is 0 Å². The minimum atomic E-state index is -3.39. The highest BCUT2D eigenvalue weighted by Gasteiger charge is 2.15. The molecule has 0 bridgehead atoms. The topological polar surface area (TPSA) is 91.8 Å². The summed E-state index contributed by atoms with van der Waals surface area (Å²) in [5, 5.41) is 6.50. The fourth-order valence-electron chi connectivity index (χ4n) is 2.90. The Balaban J connectivity index is 0.00000450. The van der Waals surface area contributed by atoms with Crippen molar-refractivity contribution in [2.75, 3.05) is 14.2 Å². The van der Waals surface area contributed by atoms with E-state index in [1.165, 1.54) is 0 Å². The van der Waals surface area contributed by atoms with Gasteiger partial charge >= 0.3 is 0 Å². The lowest BCUT2D eigenvalue weighted by atomic mass is 10.1. The van der Waals surface area contributed by atoms with Gasteiger partial charge in [0.15, 0.2) is 5.96 Å². The van der Waals surface area contributed by atoms with Crippen LogP contribution >= 0.6 is 24.0 Å². The van der Waals surface area contributed by atoms with E-state index in [2.05, 4.69) is 20.3 Å². The lowest BCUT2D eigenvalue weighted by Gasteiger charge is -2.16. The average Bonchev–Trinajstić information content (AvgIpc) is 2.68. The molecule has 9 heteroatoms. The van der Waals surface area contributed by atoms with Gasteiger partial charge in [0.05, 0.1) is 12.9 Å². The van der Waals surface area contributed by atoms with Crippen molar-refractivity contribution in [2.45, 2.75) is 38.7 Å². The van der Waals surface area contributed by atoms with Crippen molar-refractivity contribution >= 4 is 40.0 Å². The molecule has 0 radical (unpaired) electrons. The first-order chi connectivity index (χ1) is 13.8. The van der Waals surface area contributed by atoms with E-state index in [0.717, 1.165) is 22.4 Å². The second kappa shape index (κ2) is 12.8. The number of guanidine groups is 1. The number of hydrogen-bond donors (Lipinski definition) is 3. The van der Waals surface area contributed by atoms with Gasteiger partial charge in [0.1, 0.15) is 5.75 Å². The third-order valence-electron chi connectivity index (χ3n) is 4.19. The van der Waals surface area contributed by atoms with Crippen molar-refractivity contribution < 1.29 is 13.2 Å². The summed E-state index contributed by atoms with van der Waals surface area (Å²) < 4.78 is 32.6. The molecule has 2 aromatic rings. The minimum absolute atomic E-state index is 0. The third-order valence-corrected chi connectivity index (χ3v) is 5.71. The minimum Gasteiger partial charge on any atom is -0.496 e. The predicted molar refractivity (Wildman–Crippen MR) is 133 cm³/mol. The SMILES string of the molecule is CN=C(NCc1ccccc1CS(=O)(=O)NC(C)C)NCc1ccccc1OC.I. The first-order valence-corrected chi connectivity index (χ1v) is 11.1. The quantitative estimate of drug-likeness (QED) is 0.256. The number of benzene rings is 2. The zero-order valence-electron chi connectivity index (χ0n) is 17.8. The summed E-state index contributed by atoms with van der Waals surface area (Å²) in [6.45, 7) is 4.63. The van der Waals surface area contributed by atoms with E-state index in [1.807, 2.05) is 62.4 Å². The molecule has 30 heavy (non-hydrogen) atoms. The Morgan fingerprint density at radius 1 is 0.967 bits per heavy atom. The van der Waals surface area contributed by atoms with Gasteiger partial charge in [-0.1, -0.05) is 42.5 Å². The smallest absolute Gasteiger partial charge is 0.216 e. The van der Waals surface area contributed by atoms with Crippen molar-refractivity contribution in [1.82, 2.24) is 15.4 Å². The Morgan fingerprint density at radius 2 is 1.50 bits per heavy atom. The van der Waals surface area contributed by atoms with Crippen LogP contribution < -0.4 is 20.1 Å². The maximum Gasteiger partial charge on any atom is 0.216 e. The molecule has 166 valence electrons. The predicted octanol–water partition coefficient (Wildman–Crippen LogP) is 3.01. The molecule has 0 atom stereocenters. The highest BCUT2D eigenvalue weighted by atomic mass is 127. The van der Waals surface area contributed by atoms with Crippen LogP contribution in [0.2, 0.25) is 0 Å². The molecule has 0 aliphatic carbocycles. The summed E-state index contributed by atoms with van der Waals surface area (Å²) in [6.07, 6.45) is 0. The molecule has 2 rings (SSSR count). The van der Waals surface area contributed by atoms with E-state index in [0.29, 0.717) is 19.0 Å². The van der Waals surface area contributed by atoms with Crippen molar-refractivity contribution in [1.29, 1.82) is 0 Å². The summed E-state index contributed by atoms with van der Waals surface area (Å²) in [5.41, 5.74) is 2.68. The molecule has 0 saturated carbocycles. The summed E-state index contributed by atoms with van der Waals surface area (Å²) in [4.78, 5) is 4.24. The summed E-state index contributed by atoms with van der Waals surface area (Å²) in [6, 6.07) is 15.1. The molecular formula is C21H31IN4O3S. The van der Waals surface area contributed by atoms with Crippen molar-refractivity contribution in [3.63, 3.8) is 0 Å². The van der Waals surface area contributed by atoms with Gasteiger partial charge in [0.2, 0.25) is 10.0 Å². The van der Waals surface area contributed by atoms with Gasteiger partial charge in [0.25, 0.3) is 0 Å². The lowest BCUT2D eigenvalue weighted by molar-refractivity contribution is 0.409. The van der Waals surface area contributed by atoms with Crippen LogP contribution in [0.3, 0.4) is 0 Å². The maximum absolute atomic E-state index is 12.3. The van der Waals surface area contributed by atoms with Gasteiger partial charge in [-0.2, -0.15) is 0 Å². The molecule has 0 aliphatic rings. The molecule has 0 aliphatic heterocycles. The van der Waals surface area contributed by atoms with E-state index >= 15 is 0 Å². The first-order valence-electron chi connectivity index (χ1n) is 9.48.